The minimum absolute atomic E-state index is 0.148. The number of alkyl halides is 4. The van der Waals surface area contributed by atoms with E-state index < -0.39 is 18.1 Å². The highest BCUT2D eigenvalue weighted by Crippen LogP contribution is 2.24. The van der Waals surface area contributed by atoms with E-state index in [1.54, 1.807) is 0 Å². The number of ketones is 1. The van der Waals surface area contributed by atoms with Crippen LogP contribution in [-0.2, 0) is 4.79 Å². The van der Waals surface area contributed by atoms with Crippen LogP contribution in [0, 0.1) is 0 Å². The molecule has 6 heteroatoms. The molecule has 0 aromatic carbocycles. The average Bonchev–Trinajstić information content (AvgIpc) is 2.03. The second kappa shape index (κ2) is 4.25. The number of hydrogen-bond donors (Lipinski definition) is 1. The van der Waals surface area contributed by atoms with Crippen molar-refractivity contribution in [3.05, 3.63) is 11.8 Å². The van der Waals surface area contributed by atoms with Crippen molar-refractivity contribution in [2.24, 2.45) is 5.73 Å². The van der Waals surface area contributed by atoms with Gasteiger partial charge in [-0.05, 0) is 6.42 Å². The SMILES string of the molecule is CC/C(N)=C/C(=O)C(F)(F)C(F)F. The standard InChI is InChI=1S/C7H9F4NO/c1-2-4(12)3-5(13)7(10,11)6(8)9/h3,6H,2,12H2,1H3/b4-3-. The quantitative estimate of drug-likeness (QED) is 0.553. The Bertz CT molecular complexity index is 225. The van der Waals surface area contributed by atoms with Gasteiger partial charge in [-0.3, -0.25) is 4.79 Å². The van der Waals surface area contributed by atoms with Gasteiger partial charge in [0.1, 0.15) is 0 Å². The summed E-state index contributed by atoms with van der Waals surface area (Å²) in [4.78, 5) is 10.5. The fraction of sp³-hybridized carbons (Fsp3) is 0.571. The Morgan fingerprint density at radius 3 is 2.31 bits per heavy atom. The molecule has 0 aliphatic heterocycles. The Labute approximate surface area is 72.4 Å². The van der Waals surface area contributed by atoms with E-state index in [9.17, 15) is 22.4 Å². The summed E-state index contributed by atoms with van der Waals surface area (Å²) in [6.07, 6.45) is -3.50. The summed E-state index contributed by atoms with van der Waals surface area (Å²) in [6, 6.07) is 0. The highest BCUT2D eigenvalue weighted by molar-refractivity contribution is 5.96. The first-order chi connectivity index (χ1) is 5.82. The van der Waals surface area contributed by atoms with E-state index in [1.807, 2.05) is 0 Å². The van der Waals surface area contributed by atoms with Gasteiger partial charge >= 0.3 is 12.3 Å². The van der Waals surface area contributed by atoms with Gasteiger partial charge in [0.15, 0.2) is 0 Å². The molecule has 0 atom stereocenters. The molecule has 0 aromatic rings. The van der Waals surface area contributed by atoms with Crippen LogP contribution < -0.4 is 5.73 Å². The minimum atomic E-state index is -4.64. The summed E-state index contributed by atoms with van der Waals surface area (Å²) in [7, 11) is 0. The number of carbonyl (C=O) groups is 1. The molecule has 0 amide bonds. The molecule has 0 fully saturated rings. The van der Waals surface area contributed by atoms with E-state index in [2.05, 4.69) is 0 Å². The molecule has 2 N–H and O–H groups in total. The van der Waals surface area contributed by atoms with Crippen molar-refractivity contribution in [1.29, 1.82) is 0 Å². The van der Waals surface area contributed by atoms with Crippen LogP contribution in [0.5, 0.6) is 0 Å². The predicted molar refractivity (Wildman–Crippen MR) is 38.5 cm³/mol. The largest absolute Gasteiger partial charge is 0.402 e. The smallest absolute Gasteiger partial charge is 0.368 e. The van der Waals surface area contributed by atoms with Crippen LogP contribution in [0.3, 0.4) is 0 Å². The zero-order valence-corrected chi connectivity index (χ0v) is 6.86. The molecule has 0 saturated carbocycles. The topological polar surface area (TPSA) is 43.1 Å². The Morgan fingerprint density at radius 2 is 2.00 bits per heavy atom. The van der Waals surface area contributed by atoms with E-state index in [1.165, 1.54) is 6.92 Å². The molecule has 0 aliphatic carbocycles. The van der Waals surface area contributed by atoms with Crippen LogP contribution in [0.1, 0.15) is 13.3 Å². The van der Waals surface area contributed by atoms with Gasteiger partial charge in [-0.2, -0.15) is 8.78 Å². The molecule has 76 valence electrons. The summed E-state index contributed by atoms with van der Waals surface area (Å²) in [5.74, 6) is -6.60. The molecule has 0 spiro atoms. The minimum Gasteiger partial charge on any atom is -0.402 e. The second-order valence-corrected chi connectivity index (χ2v) is 2.36. The van der Waals surface area contributed by atoms with Crippen LogP contribution in [0.4, 0.5) is 17.6 Å². The fourth-order valence-electron chi connectivity index (χ4n) is 0.474. The van der Waals surface area contributed by atoms with Gasteiger partial charge < -0.3 is 5.73 Å². The van der Waals surface area contributed by atoms with E-state index in [0.29, 0.717) is 6.08 Å². The maximum absolute atomic E-state index is 12.2. The van der Waals surface area contributed by atoms with Crippen LogP contribution in [0.15, 0.2) is 11.8 Å². The highest BCUT2D eigenvalue weighted by Gasteiger charge is 2.47. The molecule has 0 radical (unpaired) electrons. The Hall–Kier alpha value is -1.07. The first-order valence-corrected chi connectivity index (χ1v) is 3.48. The summed E-state index contributed by atoms with van der Waals surface area (Å²) < 4.78 is 47.6. The molecule has 0 heterocycles. The number of rotatable bonds is 4. The Morgan fingerprint density at radius 1 is 1.54 bits per heavy atom. The lowest BCUT2D eigenvalue weighted by Crippen LogP contribution is -2.35. The van der Waals surface area contributed by atoms with Crippen molar-refractivity contribution in [3.8, 4) is 0 Å². The summed E-state index contributed by atoms with van der Waals surface area (Å²) >= 11 is 0. The molecule has 13 heavy (non-hydrogen) atoms. The summed E-state index contributed by atoms with van der Waals surface area (Å²) in [5, 5.41) is 0. The third kappa shape index (κ3) is 3.04. The third-order valence-electron chi connectivity index (χ3n) is 1.33. The van der Waals surface area contributed by atoms with Crippen LogP contribution in [-0.4, -0.2) is 18.1 Å². The van der Waals surface area contributed by atoms with E-state index >= 15 is 0 Å². The molecule has 0 aliphatic rings. The number of nitrogens with two attached hydrogens (primary N) is 1. The van der Waals surface area contributed by atoms with Gasteiger partial charge in [0.05, 0.1) is 0 Å². The normalized spacial score (nSPS) is 13.5. The van der Waals surface area contributed by atoms with Crippen LogP contribution in [0.25, 0.3) is 0 Å². The molecule has 0 unspecified atom stereocenters. The molecule has 0 rings (SSSR count). The predicted octanol–water partition coefficient (Wildman–Crippen LogP) is 1.71. The number of carbonyl (C=O) groups excluding carboxylic acids is 1. The molecule has 0 aromatic heterocycles. The lowest BCUT2D eigenvalue weighted by atomic mass is 10.2. The summed E-state index contributed by atoms with van der Waals surface area (Å²) in [5.41, 5.74) is 4.88. The first-order valence-electron chi connectivity index (χ1n) is 3.48. The Balaban J connectivity index is 4.61. The first kappa shape index (κ1) is 11.9. The molecular weight excluding hydrogens is 190 g/mol. The number of halogens is 4. The molecular formula is C7H9F4NO. The van der Waals surface area contributed by atoms with Crippen molar-refractivity contribution in [2.45, 2.75) is 25.7 Å². The van der Waals surface area contributed by atoms with Gasteiger partial charge in [0.25, 0.3) is 0 Å². The maximum Gasteiger partial charge on any atom is 0.368 e. The fourth-order valence-corrected chi connectivity index (χ4v) is 0.474. The molecule has 0 bridgehead atoms. The zero-order chi connectivity index (χ0) is 10.6. The van der Waals surface area contributed by atoms with Crippen molar-refractivity contribution in [1.82, 2.24) is 0 Å². The van der Waals surface area contributed by atoms with Gasteiger partial charge in [-0.15, -0.1) is 0 Å². The van der Waals surface area contributed by atoms with Crippen molar-refractivity contribution in [2.75, 3.05) is 0 Å². The lowest BCUT2D eigenvalue weighted by molar-refractivity contribution is -0.161. The van der Waals surface area contributed by atoms with Crippen molar-refractivity contribution in [3.63, 3.8) is 0 Å². The second-order valence-electron chi connectivity index (χ2n) is 2.36. The van der Waals surface area contributed by atoms with Gasteiger partial charge in [0.2, 0.25) is 5.78 Å². The third-order valence-corrected chi connectivity index (χ3v) is 1.33. The van der Waals surface area contributed by atoms with Gasteiger partial charge in [-0.25, -0.2) is 8.78 Å². The van der Waals surface area contributed by atoms with E-state index in [4.69, 9.17) is 5.73 Å². The monoisotopic (exact) mass is 199 g/mol. The van der Waals surface area contributed by atoms with Crippen LogP contribution in [0.2, 0.25) is 0 Å². The summed E-state index contributed by atoms with van der Waals surface area (Å²) in [6.45, 7) is 1.51. The van der Waals surface area contributed by atoms with Crippen molar-refractivity contribution < 1.29 is 22.4 Å². The molecule has 2 nitrogen and oxygen atoms in total. The van der Waals surface area contributed by atoms with Gasteiger partial charge in [-0.1, -0.05) is 6.92 Å². The average molecular weight is 199 g/mol. The lowest BCUT2D eigenvalue weighted by Gasteiger charge is -2.11. The number of allylic oxidation sites excluding steroid dienone is 2. The van der Waals surface area contributed by atoms with Crippen LogP contribution >= 0.6 is 0 Å². The van der Waals surface area contributed by atoms with Crippen molar-refractivity contribution >= 4 is 5.78 Å². The molecule has 0 saturated heterocycles. The maximum atomic E-state index is 12.2. The number of hydrogen-bond acceptors (Lipinski definition) is 2. The zero-order valence-electron chi connectivity index (χ0n) is 6.86. The van der Waals surface area contributed by atoms with Gasteiger partial charge in [0, 0.05) is 11.8 Å². The highest BCUT2D eigenvalue weighted by atomic mass is 19.3. The van der Waals surface area contributed by atoms with E-state index in [0.717, 1.165) is 0 Å². The Kier molecular flexibility index (Phi) is 3.90. The van der Waals surface area contributed by atoms with E-state index in [-0.39, 0.29) is 12.1 Å².